The summed E-state index contributed by atoms with van der Waals surface area (Å²) in [7, 11) is 0. The third-order valence-corrected chi connectivity index (χ3v) is 3.91. The molecule has 0 aliphatic carbocycles. The molecule has 1 aromatic carbocycles. The Morgan fingerprint density at radius 3 is 2.79 bits per heavy atom. The van der Waals surface area contributed by atoms with Crippen molar-refractivity contribution in [3.63, 3.8) is 0 Å². The SMILES string of the molecule is CCN(CCOc1ccc(Cl)cc1)C1CCCNC1. The molecule has 1 atom stereocenters. The summed E-state index contributed by atoms with van der Waals surface area (Å²) < 4.78 is 5.76. The second kappa shape index (κ2) is 7.73. The van der Waals surface area contributed by atoms with Gasteiger partial charge in [0.1, 0.15) is 12.4 Å². The maximum Gasteiger partial charge on any atom is 0.119 e. The molecule has 1 fully saturated rings. The van der Waals surface area contributed by atoms with E-state index < -0.39 is 0 Å². The van der Waals surface area contributed by atoms with Crippen LogP contribution in [0.4, 0.5) is 0 Å². The Balaban J connectivity index is 1.74. The second-order valence-corrected chi connectivity index (χ2v) is 5.37. The number of nitrogens with zero attached hydrogens (tertiary/aromatic N) is 1. The minimum Gasteiger partial charge on any atom is -0.492 e. The van der Waals surface area contributed by atoms with E-state index in [4.69, 9.17) is 16.3 Å². The van der Waals surface area contributed by atoms with E-state index in [9.17, 15) is 0 Å². The summed E-state index contributed by atoms with van der Waals surface area (Å²) in [5.74, 6) is 0.891. The fraction of sp³-hybridized carbons (Fsp3) is 0.600. The summed E-state index contributed by atoms with van der Waals surface area (Å²) >= 11 is 5.85. The zero-order valence-electron chi connectivity index (χ0n) is 11.6. The van der Waals surface area contributed by atoms with Crippen LogP contribution >= 0.6 is 11.6 Å². The van der Waals surface area contributed by atoms with Crippen LogP contribution in [0.1, 0.15) is 19.8 Å². The highest BCUT2D eigenvalue weighted by atomic mass is 35.5. The van der Waals surface area contributed by atoms with Crippen molar-refractivity contribution < 1.29 is 4.74 Å². The molecular weight excluding hydrogens is 260 g/mol. The number of ether oxygens (including phenoxy) is 1. The van der Waals surface area contributed by atoms with Gasteiger partial charge in [0, 0.05) is 24.2 Å². The molecule has 2 rings (SSSR count). The van der Waals surface area contributed by atoms with Gasteiger partial charge in [0.15, 0.2) is 0 Å². The Morgan fingerprint density at radius 1 is 1.37 bits per heavy atom. The number of hydrogen-bond donors (Lipinski definition) is 1. The minimum absolute atomic E-state index is 0.660. The zero-order chi connectivity index (χ0) is 13.5. The zero-order valence-corrected chi connectivity index (χ0v) is 12.3. The van der Waals surface area contributed by atoms with Crippen LogP contribution in [0, 0.1) is 0 Å². The molecule has 1 aliphatic rings. The van der Waals surface area contributed by atoms with Crippen LogP contribution in [-0.2, 0) is 0 Å². The van der Waals surface area contributed by atoms with Crippen LogP contribution in [0.2, 0.25) is 5.02 Å². The minimum atomic E-state index is 0.660. The van der Waals surface area contributed by atoms with Gasteiger partial charge in [0.2, 0.25) is 0 Å². The summed E-state index contributed by atoms with van der Waals surface area (Å²) in [6.45, 7) is 7.27. The molecule has 0 spiro atoms. The number of halogens is 1. The first-order valence-electron chi connectivity index (χ1n) is 7.12. The van der Waals surface area contributed by atoms with Crippen molar-refractivity contribution in [3.05, 3.63) is 29.3 Å². The first-order chi connectivity index (χ1) is 9.29. The molecule has 1 N–H and O–H groups in total. The van der Waals surface area contributed by atoms with E-state index in [1.54, 1.807) is 0 Å². The molecule has 0 amide bonds. The van der Waals surface area contributed by atoms with E-state index in [0.717, 1.165) is 43.6 Å². The van der Waals surface area contributed by atoms with Gasteiger partial charge >= 0.3 is 0 Å². The smallest absolute Gasteiger partial charge is 0.119 e. The normalized spacial score (nSPS) is 19.6. The first-order valence-corrected chi connectivity index (χ1v) is 7.50. The van der Waals surface area contributed by atoms with Crippen LogP contribution in [-0.4, -0.2) is 43.7 Å². The lowest BCUT2D eigenvalue weighted by atomic mass is 10.1. The van der Waals surface area contributed by atoms with Crippen molar-refractivity contribution in [2.75, 3.05) is 32.8 Å². The Hall–Kier alpha value is -0.770. The van der Waals surface area contributed by atoms with Crippen LogP contribution in [0.3, 0.4) is 0 Å². The van der Waals surface area contributed by atoms with Crippen LogP contribution in [0.25, 0.3) is 0 Å². The average molecular weight is 283 g/mol. The summed E-state index contributed by atoms with van der Waals surface area (Å²) in [5.41, 5.74) is 0. The molecular formula is C15H23ClN2O. The number of likely N-dealkylation sites (N-methyl/N-ethyl adjacent to an activating group) is 1. The third kappa shape index (κ3) is 4.68. The van der Waals surface area contributed by atoms with Gasteiger partial charge < -0.3 is 10.1 Å². The Morgan fingerprint density at radius 2 is 2.16 bits per heavy atom. The quantitative estimate of drug-likeness (QED) is 0.868. The van der Waals surface area contributed by atoms with Gasteiger partial charge in [0.05, 0.1) is 0 Å². The molecule has 1 aliphatic heterocycles. The number of nitrogens with one attached hydrogen (secondary N) is 1. The molecule has 19 heavy (non-hydrogen) atoms. The topological polar surface area (TPSA) is 24.5 Å². The van der Waals surface area contributed by atoms with E-state index in [1.165, 1.54) is 12.8 Å². The molecule has 0 aromatic heterocycles. The number of piperidine rings is 1. The van der Waals surface area contributed by atoms with E-state index in [1.807, 2.05) is 24.3 Å². The summed E-state index contributed by atoms with van der Waals surface area (Å²) in [6, 6.07) is 8.22. The lowest BCUT2D eigenvalue weighted by Crippen LogP contribution is -2.47. The molecule has 1 aromatic rings. The van der Waals surface area contributed by atoms with E-state index in [2.05, 4.69) is 17.1 Å². The van der Waals surface area contributed by atoms with Gasteiger partial charge in [-0.1, -0.05) is 18.5 Å². The molecule has 1 heterocycles. The first kappa shape index (κ1) is 14.6. The largest absolute Gasteiger partial charge is 0.492 e. The summed E-state index contributed by atoms with van der Waals surface area (Å²) in [5, 5.41) is 4.21. The number of rotatable bonds is 6. The van der Waals surface area contributed by atoms with Crippen LogP contribution in [0.5, 0.6) is 5.75 Å². The van der Waals surface area contributed by atoms with Crippen molar-refractivity contribution in [1.29, 1.82) is 0 Å². The fourth-order valence-corrected chi connectivity index (χ4v) is 2.68. The predicted molar refractivity (Wildman–Crippen MR) is 80.1 cm³/mol. The maximum atomic E-state index is 5.85. The lowest BCUT2D eigenvalue weighted by Gasteiger charge is -2.33. The lowest BCUT2D eigenvalue weighted by molar-refractivity contribution is 0.144. The number of hydrogen-bond acceptors (Lipinski definition) is 3. The highest BCUT2D eigenvalue weighted by molar-refractivity contribution is 6.30. The van der Waals surface area contributed by atoms with E-state index in [-0.39, 0.29) is 0 Å². The van der Waals surface area contributed by atoms with Crippen molar-refractivity contribution >= 4 is 11.6 Å². The summed E-state index contributed by atoms with van der Waals surface area (Å²) in [4.78, 5) is 2.50. The van der Waals surface area contributed by atoms with Gasteiger partial charge in [0.25, 0.3) is 0 Å². The molecule has 0 bridgehead atoms. The van der Waals surface area contributed by atoms with Gasteiger partial charge in [-0.05, 0) is 50.2 Å². The molecule has 3 nitrogen and oxygen atoms in total. The van der Waals surface area contributed by atoms with Crippen molar-refractivity contribution in [3.8, 4) is 5.75 Å². The van der Waals surface area contributed by atoms with Crippen LogP contribution in [0.15, 0.2) is 24.3 Å². The van der Waals surface area contributed by atoms with Crippen LogP contribution < -0.4 is 10.1 Å². The Labute approximate surface area is 120 Å². The molecule has 0 radical (unpaired) electrons. The van der Waals surface area contributed by atoms with Gasteiger partial charge in [-0.25, -0.2) is 0 Å². The van der Waals surface area contributed by atoms with Crippen molar-refractivity contribution in [2.24, 2.45) is 0 Å². The fourth-order valence-electron chi connectivity index (χ4n) is 2.56. The number of benzene rings is 1. The Bertz CT molecular complexity index is 363. The molecule has 1 unspecified atom stereocenters. The molecule has 106 valence electrons. The third-order valence-electron chi connectivity index (χ3n) is 3.65. The van der Waals surface area contributed by atoms with Gasteiger partial charge in [-0.2, -0.15) is 0 Å². The average Bonchev–Trinajstić information content (AvgIpc) is 2.46. The van der Waals surface area contributed by atoms with E-state index in [0.29, 0.717) is 6.04 Å². The Kier molecular flexibility index (Phi) is 5.95. The molecule has 1 saturated heterocycles. The summed E-state index contributed by atoms with van der Waals surface area (Å²) in [6.07, 6.45) is 2.57. The molecule has 4 heteroatoms. The standard InChI is InChI=1S/C15H23ClN2O/c1-2-18(14-4-3-9-17-12-14)10-11-19-15-7-5-13(16)6-8-15/h5-8,14,17H,2-4,9-12H2,1H3. The van der Waals surface area contributed by atoms with E-state index >= 15 is 0 Å². The van der Waals surface area contributed by atoms with Crippen molar-refractivity contribution in [2.45, 2.75) is 25.8 Å². The monoisotopic (exact) mass is 282 g/mol. The highest BCUT2D eigenvalue weighted by Gasteiger charge is 2.19. The van der Waals surface area contributed by atoms with Gasteiger partial charge in [-0.3, -0.25) is 4.90 Å². The highest BCUT2D eigenvalue weighted by Crippen LogP contribution is 2.16. The van der Waals surface area contributed by atoms with Gasteiger partial charge in [-0.15, -0.1) is 0 Å². The van der Waals surface area contributed by atoms with Crippen molar-refractivity contribution in [1.82, 2.24) is 10.2 Å². The molecule has 0 saturated carbocycles. The maximum absolute atomic E-state index is 5.85. The second-order valence-electron chi connectivity index (χ2n) is 4.93. The predicted octanol–water partition coefficient (Wildman–Crippen LogP) is 2.79.